The van der Waals surface area contributed by atoms with Crippen molar-refractivity contribution in [3.05, 3.63) is 0 Å². The number of rotatable bonds is 7. The fraction of sp³-hybridized carbons (Fsp3) is 1.00. The Hall–Kier alpha value is 0.440. The molecule has 0 aliphatic heterocycles. The zero-order valence-corrected chi connectivity index (χ0v) is 12.3. The largest absolute Gasteiger partial charge is 0.391 e. The molecule has 0 aromatic carbocycles. The summed E-state index contributed by atoms with van der Waals surface area (Å²) in [5.41, 5.74) is 0. The molecule has 102 valence electrons. The van der Waals surface area contributed by atoms with Gasteiger partial charge in [0.1, 0.15) is 0 Å². The highest BCUT2D eigenvalue weighted by molar-refractivity contribution is 7.59. The third-order valence-electron chi connectivity index (χ3n) is 3.29. The summed E-state index contributed by atoms with van der Waals surface area (Å²) in [7, 11) is -2.69. The monoisotopic (exact) mass is 282 g/mol. The molecule has 1 unspecified atom stereocenters. The van der Waals surface area contributed by atoms with E-state index in [1.165, 1.54) is 19.3 Å². The van der Waals surface area contributed by atoms with Gasteiger partial charge < -0.3 is 9.63 Å². The Kier molecular flexibility index (Phi) is 7.10. The van der Waals surface area contributed by atoms with Crippen molar-refractivity contribution in [2.24, 2.45) is 5.92 Å². The Morgan fingerprint density at radius 2 is 2.06 bits per heavy atom. The molecule has 0 amide bonds. The third-order valence-corrected chi connectivity index (χ3v) is 6.43. The summed E-state index contributed by atoms with van der Waals surface area (Å²) in [6.07, 6.45) is 6.17. The molecule has 2 atom stereocenters. The topological polar surface area (TPSA) is 46.5 Å². The Morgan fingerprint density at radius 1 is 1.41 bits per heavy atom. The second-order valence-corrected chi connectivity index (χ2v) is 7.84. The van der Waals surface area contributed by atoms with E-state index >= 15 is 0 Å². The average molecular weight is 283 g/mol. The maximum Gasteiger partial charge on any atom is 0.206 e. The van der Waals surface area contributed by atoms with Crippen LogP contribution >= 0.6 is 19.0 Å². The van der Waals surface area contributed by atoms with Crippen LogP contribution in [0.4, 0.5) is 0 Å². The van der Waals surface area contributed by atoms with Crippen LogP contribution in [0.3, 0.4) is 0 Å². The Bertz CT molecular complexity index is 254. The molecule has 0 spiro atoms. The van der Waals surface area contributed by atoms with Crippen LogP contribution in [0.2, 0.25) is 0 Å². The van der Waals surface area contributed by atoms with Crippen LogP contribution < -0.4 is 0 Å². The van der Waals surface area contributed by atoms with Crippen LogP contribution in [0, 0.1) is 5.92 Å². The zero-order valence-electron chi connectivity index (χ0n) is 10.6. The first-order valence-corrected chi connectivity index (χ1v) is 9.09. The molecule has 0 heterocycles. The minimum Gasteiger partial charge on any atom is -0.391 e. The summed E-state index contributed by atoms with van der Waals surface area (Å²) in [5.74, 6) is 0.630. The van der Waals surface area contributed by atoms with Gasteiger partial charge in [-0.15, -0.1) is 11.6 Å². The van der Waals surface area contributed by atoms with E-state index in [2.05, 4.69) is 0 Å². The summed E-state index contributed by atoms with van der Waals surface area (Å²) < 4.78 is 18.1. The molecule has 0 aromatic heterocycles. The predicted octanol–water partition coefficient (Wildman–Crippen LogP) is 3.48. The number of hydrogen-bond acceptors (Lipinski definition) is 3. The van der Waals surface area contributed by atoms with Crippen LogP contribution in [0.15, 0.2) is 0 Å². The Labute approximate surface area is 109 Å². The van der Waals surface area contributed by atoms with Gasteiger partial charge in [-0.3, -0.25) is 4.57 Å². The van der Waals surface area contributed by atoms with Crippen molar-refractivity contribution >= 4 is 19.0 Å². The van der Waals surface area contributed by atoms with E-state index in [-0.39, 0.29) is 12.0 Å². The molecule has 1 N–H and O–H groups in total. The van der Waals surface area contributed by atoms with Gasteiger partial charge in [0.2, 0.25) is 7.37 Å². The van der Waals surface area contributed by atoms with Crippen LogP contribution in [-0.4, -0.2) is 36.0 Å². The average Bonchev–Trinajstić information content (AvgIpc) is 2.30. The molecular weight excluding hydrogens is 259 g/mol. The van der Waals surface area contributed by atoms with Gasteiger partial charge in [0.05, 0.1) is 18.9 Å². The second kappa shape index (κ2) is 7.78. The molecule has 0 radical (unpaired) electrons. The van der Waals surface area contributed by atoms with Crippen molar-refractivity contribution in [2.75, 3.05) is 24.8 Å². The maximum absolute atomic E-state index is 12.6. The maximum atomic E-state index is 12.6. The van der Waals surface area contributed by atoms with Crippen LogP contribution in [0.5, 0.6) is 0 Å². The highest BCUT2D eigenvalue weighted by Crippen LogP contribution is 2.51. The lowest BCUT2D eigenvalue weighted by atomic mass is 9.91. The fourth-order valence-corrected chi connectivity index (χ4v) is 5.56. The van der Waals surface area contributed by atoms with Crippen molar-refractivity contribution < 1.29 is 14.2 Å². The molecule has 1 aliphatic rings. The number of hydrogen-bond donors (Lipinski definition) is 1. The van der Waals surface area contributed by atoms with Crippen molar-refractivity contribution in [3.63, 3.8) is 0 Å². The number of aliphatic hydroxyl groups excluding tert-OH is 1. The lowest BCUT2D eigenvalue weighted by Gasteiger charge is -2.27. The van der Waals surface area contributed by atoms with Gasteiger partial charge in [-0.25, -0.2) is 0 Å². The number of halogens is 1. The molecule has 5 heteroatoms. The molecule has 3 nitrogen and oxygen atoms in total. The highest BCUT2D eigenvalue weighted by atomic mass is 35.5. The quantitative estimate of drug-likeness (QED) is 0.574. The lowest BCUT2D eigenvalue weighted by Crippen LogP contribution is -2.20. The van der Waals surface area contributed by atoms with Gasteiger partial charge in [-0.05, 0) is 25.7 Å². The highest BCUT2D eigenvalue weighted by Gasteiger charge is 2.30. The lowest BCUT2D eigenvalue weighted by molar-refractivity contribution is 0.212. The standard InChI is InChI=1S/C12H24ClO3P/c1-2-16-17(15,10-12(14)8-13)9-11-6-4-3-5-7-11/h11-12,14H,2-10H2,1H3/t12-,17?/m1/s1. The van der Waals surface area contributed by atoms with E-state index < -0.39 is 13.5 Å². The normalized spacial score (nSPS) is 23.2. The minimum atomic E-state index is -2.69. The first-order chi connectivity index (χ1) is 8.09. The summed E-state index contributed by atoms with van der Waals surface area (Å²) >= 11 is 5.57. The summed E-state index contributed by atoms with van der Waals surface area (Å²) in [4.78, 5) is 0. The third kappa shape index (κ3) is 5.74. The molecule has 1 rings (SSSR count). The molecule has 17 heavy (non-hydrogen) atoms. The first-order valence-electron chi connectivity index (χ1n) is 6.56. The number of aliphatic hydroxyl groups is 1. The molecule has 0 aromatic rings. The molecule has 0 bridgehead atoms. The van der Waals surface area contributed by atoms with E-state index in [0.29, 0.717) is 18.7 Å². The van der Waals surface area contributed by atoms with Crippen molar-refractivity contribution in [1.29, 1.82) is 0 Å². The van der Waals surface area contributed by atoms with Gasteiger partial charge in [-0.2, -0.15) is 0 Å². The summed E-state index contributed by atoms with van der Waals surface area (Å²) in [6.45, 7) is 2.29. The van der Waals surface area contributed by atoms with Crippen LogP contribution in [0.25, 0.3) is 0 Å². The zero-order chi connectivity index (χ0) is 12.7. The van der Waals surface area contributed by atoms with Crippen LogP contribution in [0.1, 0.15) is 39.0 Å². The van der Waals surface area contributed by atoms with Crippen molar-refractivity contribution in [2.45, 2.75) is 45.1 Å². The number of alkyl halides is 1. The van der Waals surface area contributed by atoms with E-state index in [4.69, 9.17) is 16.1 Å². The van der Waals surface area contributed by atoms with Crippen LogP contribution in [-0.2, 0) is 9.09 Å². The minimum absolute atomic E-state index is 0.127. The molecule has 1 saturated carbocycles. The second-order valence-electron chi connectivity index (χ2n) is 4.91. The predicted molar refractivity (Wildman–Crippen MR) is 72.3 cm³/mol. The van der Waals surface area contributed by atoms with Gasteiger partial charge in [0, 0.05) is 12.0 Å². The van der Waals surface area contributed by atoms with Crippen molar-refractivity contribution in [3.8, 4) is 0 Å². The summed E-state index contributed by atoms with van der Waals surface area (Å²) in [5, 5.41) is 9.57. The Balaban J connectivity index is 2.53. The fourth-order valence-electron chi connectivity index (χ4n) is 2.55. The van der Waals surface area contributed by atoms with Gasteiger partial charge in [0.15, 0.2) is 0 Å². The molecule has 0 saturated heterocycles. The van der Waals surface area contributed by atoms with Crippen molar-refractivity contribution in [1.82, 2.24) is 0 Å². The van der Waals surface area contributed by atoms with E-state index in [1.807, 2.05) is 6.92 Å². The van der Waals surface area contributed by atoms with Gasteiger partial charge in [-0.1, -0.05) is 19.3 Å². The Morgan fingerprint density at radius 3 is 2.59 bits per heavy atom. The van der Waals surface area contributed by atoms with Gasteiger partial charge >= 0.3 is 0 Å². The SMILES string of the molecule is CCOP(=O)(CC1CCCCC1)C[C@H](O)CCl. The summed E-state index contributed by atoms with van der Waals surface area (Å²) in [6, 6.07) is 0. The molecule has 1 fully saturated rings. The smallest absolute Gasteiger partial charge is 0.206 e. The molecule has 1 aliphatic carbocycles. The van der Waals surface area contributed by atoms with Gasteiger partial charge in [0.25, 0.3) is 0 Å². The molecular formula is C12H24ClO3P. The van der Waals surface area contributed by atoms with E-state index in [9.17, 15) is 9.67 Å². The first kappa shape index (κ1) is 15.5. The van der Waals surface area contributed by atoms with E-state index in [0.717, 1.165) is 12.8 Å². The van der Waals surface area contributed by atoms with E-state index in [1.54, 1.807) is 0 Å².